The molecule has 2 heterocycles. The van der Waals surface area contributed by atoms with Crippen molar-refractivity contribution >= 4 is 33.1 Å². The summed E-state index contributed by atoms with van der Waals surface area (Å²) in [6.45, 7) is 2.47. The lowest BCUT2D eigenvalue weighted by Gasteiger charge is -2.10. The molecule has 0 aliphatic heterocycles. The third kappa shape index (κ3) is 3.27. The standard InChI is InChI=1S/C18H15N5OS/c1-12-21-16-7-6-14(8-17(16)25-12)22-18(24)15-5-3-2-4-13(15)9-23-11-19-10-20-23/h2-8,10-11H,9H2,1H3,(H,22,24). The zero-order valence-electron chi connectivity index (χ0n) is 13.5. The maximum atomic E-state index is 12.7. The van der Waals surface area contributed by atoms with Crippen molar-refractivity contribution in [1.82, 2.24) is 19.7 Å². The van der Waals surface area contributed by atoms with E-state index in [-0.39, 0.29) is 5.91 Å². The van der Waals surface area contributed by atoms with Crippen LogP contribution in [0.15, 0.2) is 55.1 Å². The van der Waals surface area contributed by atoms with Crippen LogP contribution < -0.4 is 5.32 Å². The van der Waals surface area contributed by atoms with E-state index in [9.17, 15) is 4.79 Å². The number of aromatic nitrogens is 4. The maximum Gasteiger partial charge on any atom is 0.256 e. The molecule has 0 atom stereocenters. The molecule has 4 rings (SSSR count). The quantitative estimate of drug-likeness (QED) is 0.612. The van der Waals surface area contributed by atoms with E-state index in [1.807, 2.05) is 49.4 Å². The highest BCUT2D eigenvalue weighted by Gasteiger charge is 2.12. The van der Waals surface area contributed by atoms with E-state index in [4.69, 9.17) is 0 Å². The summed E-state index contributed by atoms with van der Waals surface area (Å²) in [6, 6.07) is 13.3. The lowest BCUT2D eigenvalue weighted by molar-refractivity contribution is 0.102. The number of carbonyl (C=O) groups is 1. The minimum atomic E-state index is -0.142. The van der Waals surface area contributed by atoms with Crippen LogP contribution in [0.25, 0.3) is 10.2 Å². The van der Waals surface area contributed by atoms with Gasteiger partial charge in [-0.1, -0.05) is 18.2 Å². The van der Waals surface area contributed by atoms with Crippen LogP contribution in [0.5, 0.6) is 0 Å². The molecule has 1 amide bonds. The highest BCUT2D eigenvalue weighted by Crippen LogP contribution is 2.25. The molecule has 7 heteroatoms. The Morgan fingerprint density at radius 2 is 2.12 bits per heavy atom. The fourth-order valence-electron chi connectivity index (χ4n) is 2.68. The molecule has 124 valence electrons. The van der Waals surface area contributed by atoms with Crippen LogP contribution in [-0.2, 0) is 6.54 Å². The van der Waals surface area contributed by atoms with Crippen molar-refractivity contribution in [3.63, 3.8) is 0 Å². The molecule has 0 radical (unpaired) electrons. The molecule has 2 aromatic heterocycles. The Labute approximate surface area is 148 Å². The van der Waals surface area contributed by atoms with Gasteiger partial charge in [0.25, 0.3) is 5.91 Å². The van der Waals surface area contributed by atoms with E-state index in [1.165, 1.54) is 6.33 Å². The molecule has 6 nitrogen and oxygen atoms in total. The summed E-state index contributed by atoms with van der Waals surface area (Å²) in [6.07, 6.45) is 3.11. The first kappa shape index (κ1) is 15.5. The fourth-order valence-corrected chi connectivity index (χ4v) is 3.55. The third-order valence-electron chi connectivity index (χ3n) is 3.81. The second-order valence-electron chi connectivity index (χ2n) is 5.62. The molecule has 4 aromatic rings. The van der Waals surface area contributed by atoms with Gasteiger partial charge < -0.3 is 5.32 Å². The predicted molar refractivity (Wildman–Crippen MR) is 97.9 cm³/mol. The Hall–Kier alpha value is -3.06. The van der Waals surface area contributed by atoms with Gasteiger partial charge in [0.15, 0.2) is 0 Å². The number of thiazole rings is 1. The maximum absolute atomic E-state index is 12.7. The van der Waals surface area contributed by atoms with Crippen LogP contribution in [0.3, 0.4) is 0 Å². The zero-order valence-corrected chi connectivity index (χ0v) is 14.3. The van der Waals surface area contributed by atoms with E-state index >= 15 is 0 Å². The average molecular weight is 349 g/mol. The van der Waals surface area contributed by atoms with Gasteiger partial charge in [-0.2, -0.15) is 5.10 Å². The van der Waals surface area contributed by atoms with E-state index in [0.29, 0.717) is 12.1 Å². The predicted octanol–water partition coefficient (Wildman–Crippen LogP) is 3.50. The molecular weight excluding hydrogens is 334 g/mol. The molecule has 0 fully saturated rings. The highest BCUT2D eigenvalue weighted by molar-refractivity contribution is 7.18. The van der Waals surface area contributed by atoms with Crippen LogP contribution >= 0.6 is 11.3 Å². The zero-order chi connectivity index (χ0) is 17.2. The van der Waals surface area contributed by atoms with E-state index in [1.54, 1.807) is 22.3 Å². The fraction of sp³-hybridized carbons (Fsp3) is 0.111. The van der Waals surface area contributed by atoms with E-state index in [0.717, 1.165) is 26.5 Å². The second-order valence-corrected chi connectivity index (χ2v) is 6.85. The van der Waals surface area contributed by atoms with E-state index in [2.05, 4.69) is 20.4 Å². The first-order chi connectivity index (χ1) is 12.2. The first-order valence-corrected chi connectivity index (χ1v) is 8.59. The van der Waals surface area contributed by atoms with Gasteiger partial charge in [0, 0.05) is 11.3 Å². The minimum Gasteiger partial charge on any atom is -0.322 e. The number of carbonyl (C=O) groups excluding carboxylic acids is 1. The Kier molecular flexibility index (Phi) is 3.99. The van der Waals surface area contributed by atoms with Crippen molar-refractivity contribution in [1.29, 1.82) is 0 Å². The monoisotopic (exact) mass is 349 g/mol. The van der Waals surface area contributed by atoms with Gasteiger partial charge in [-0.25, -0.2) is 14.6 Å². The molecule has 0 saturated heterocycles. The smallest absolute Gasteiger partial charge is 0.256 e. The van der Waals surface area contributed by atoms with Gasteiger partial charge in [0.1, 0.15) is 12.7 Å². The van der Waals surface area contributed by atoms with Crippen molar-refractivity contribution in [2.75, 3.05) is 5.32 Å². The number of aryl methyl sites for hydroxylation is 1. The molecule has 0 aliphatic carbocycles. The summed E-state index contributed by atoms with van der Waals surface area (Å²) >= 11 is 1.61. The largest absolute Gasteiger partial charge is 0.322 e. The lowest BCUT2D eigenvalue weighted by atomic mass is 10.1. The van der Waals surface area contributed by atoms with Crippen LogP contribution in [0.4, 0.5) is 5.69 Å². The summed E-state index contributed by atoms with van der Waals surface area (Å²) in [7, 11) is 0. The van der Waals surface area contributed by atoms with Crippen molar-refractivity contribution in [2.45, 2.75) is 13.5 Å². The summed E-state index contributed by atoms with van der Waals surface area (Å²) in [5.74, 6) is -0.142. The number of fused-ring (bicyclic) bond motifs is 1. The van der Waals surface area contributed by atoms with Gasteiger partial charge in [-0.05, 0) is 36.8 Å². The number of nitrogens with one attached hydrogen (secondary N) is 1. The SMILES string of the molecule is Cc1nc2ccc(NC(=O)c3ccccc3Cn3cncn3)cc2s1. The molecule has 0 unspecified atom stereocenters. The lowest BCUT2D eigenvalue weighted by Crippen LogP contribution is -2.15. The van der Waals surface area contributed by atoms with Crippen molar-refractivity contribution in [2.24, 2.45) is 0 Å². The molecule has 25 heavy (non-hydrogen) atoms. The van der Waals surface area contributed by atoms with Crippen LogP contribution in [0, 0.1) is 6.92 Å². The summed E-state index contributed by atoms with van der Waals surface area (Å²) in [5.41, 5.74) is 3.22. The summed E-state index contributed by atoms with van der Waals surface area (Å²) in [4.78, 5) is 21.1. The summed E-state index contributed by atoms with van der Waals surface area (Å²) in [5, 5.41) is 8.09. The topological polar surface area (TPSA) is 72.7 Å². The number of amides is 1. The van der Waals surface area contributed by atoms with E-state index < -0.39 is 0 Å². The number of nitrogens with zero attached hydrogens (tertiary/aromatic N) is 4. The Bertz CT molecular complexity index is 1040. The second kappa shape index (κ2) is 6.45. The van der Waals surface area contributed by atoms with Gasteiger partial charge in [-0.3, -0.25) is 4.79 Å². The minimum absolute atomic E-state index is 0.142. The number of rotatable bonds is 4. The Morgan fingerprint density at radius 1 is 1.24 bits per heavy atom. The molecule has 0 bridgehead atoms. The van der Waals surface area contributed by atoms with Gasteiger partial charge in [0.2, 0.25) is 0 Å². The number of hydrogen-bond acceptors (Lipinski definition) is 5. The number of anilines is 1. The Morgan fingerprint density at radius 3 is 2.96 bits per heavy atom. The van der Waals surface area contributed by atoms with Crippen molar-refractivity contribution < 1.29 is 4.79 Å². The van der Waals surface area contributed by atoms with Gasteiger partial charge >= 0.3 is 0 Å². The van der Waals surface area contributed by atoms with Crippen LogP contribution in [0.2, 0.25) is 0 Å². The number of hydrogen-bond donors (Lipinski definition) is 1. The molecule has 1 N–H and O–H groups in total. The highest BCUT2D eigenvalue weighted by atomic mass is 32.1. The van der Waals surface area contributed by atoms with Crippen molar-refractivity contribution in [3.05, 3.63) is 71.3 Å². The number of benzene rings is 2. The molecular formula is C18H15N5OS. The summed E-state index contributed by atoms with van der Waals surface area (Å²) < 4.78 is 2.75. The van der Waals surface area contributed by atoms with Crippen LogP contribution in [0.1, 0.15) is 20.9 Å². The third-order valence-corrected chi connectivity index (χ3v) is 4.75. The molecule has 0 aliphatic rings. The molecule has 0 saturated carbocycles. The average Bonchev–Trinajstić information content (AvgIpc) is 3.23. The van der Waals surface area contributed by atoms with Crippen LogP contribution in [-0.4, -0.2) is 25.7 Å². The first-order valence-electron chi connectivity index (χ1n) is 7.78. The molecule has 0 spiro atoms. The van der Waals surface area contributed by atoms with Crippen molar-refractivity contribution in [3.8, 4) is 0 Å². The Balaban J connectivity index is 1.59. The molecule has 2 aromatic carbocycles. The van der Waals surface area contributed by atoms with Gasteiger partial charge in [-0.15, -0.1) is 11.3 Å². The van der Waals surface area contributed by atoms with Gasteiger partial charge in [0.05, 0.1) is 21.8 Å². The normalized spacial score (nSPS) is 10.9.